The van der Waals surface area contributed by atoms with E-state index in [1.54, 1.807) is 30.6 Å². The van der Waals surface area contributed by atoms with E-state index in [0.717, 1.165) is 5.56 Å². The summed E-state index contributed by atoms with van der Waals surface area (Å²) >= 11 is 12.3. The number of halogens is 2. The quantitative estimate of drug-likeness (QED) is 0.500. The van der Waals surface area contributed by atoms with E-state index in [0.29, 0.717) is 33.2 Å². The van der Waals surface area contributed by atoms with Gasteiger partial charge in [0.2, 0.25) is 5.95 Å². The summed E-state index contributed by atoms with van der Waals surface area (Å²) < 4.78 is 0. The summed E-state index contributed by atoms with van der Waals surface area (Å²) in [5.41, 5.74) is 2.29. The summed E-state index contributed by atoms with van der Waals surface area (Å²) in [5, 5.41) is 17.1. The van der Waals surface area contributed by atoms with E-state index in [1.165, 1.54) is 0 Å². The van der Waals surface area contributed by atoms with Crippen LogP contribution in [0.3, 0.4) is 0 Å². The molecule has 2 aromatic heterocycles. The Labute approximate surface area is 174 Å². The fraction of sp³-hybridized carbons (Fsp3) is 0.250. The summed E-state index contributed by atoms with van der Waals surface area (Å²) in [7, 11) is 0. The van der Waals surface area contributed by atoms with Gasteiger partial charge in [-0.3, -0.25) is 4.98 Å². The van der Waals surface area contributed by atoms with Gasteiger partial charge in [0.15, 0.2) is 0 Å². The molecule has 28 heavy (non-hydrogen) atoms. The minimum atomic E-state index is -0.167. The van der Waals surface area contributed by atoms with Gasteiger partial charge in [-0.05, 0) is 36.2 Å². The number of rotatable bonds is 7. The van der Waals surface area contributed by atoms with Gasteiger partial charge in [-0.1, -0.05) is 37.0 Å². The van der Waals surface area contributed by atoms with Crippen molar-refractivity contribution in [2.45, 2.75) is 19.9 Å². The lowest BCUT2D eigenvalue weighted by Crippen LogP contribution is -2.30. The number of hydrogen-bond donors (Lipinski definition) is 3. The van der Waals surface area contributed by atoms with Crippen molar-refractivity contribution < 1.29 is 5.11 Å². The number of benzene rings is 1. The Hall–Kier alpha value is -2.41. The van der Waals surface area contributed by atoms with Crippen LogP contribution in [0.1, 0.15) is 13.8 Å². The van der Waals surface area contributed by atoms with Crippen molar-refractivity contribution in [2.75, 3.05) is 17.2 Å². The Morgan fingerprint density at radius 1 is 1.04 bits per heavy atom. The molecule has 0 amide bonds. The maximum absolute atomic E-state index is 9.64. The summed E-state index contributed by atoms with van der Waals surface area (Å²) in [6.07, 6.45) is 3.41. The van der Waals surface area contributed by atoms with Gasteiger partial charge in [-0.15, -0.1) is 0 Å². The summed E-state index contributed by atoms with van der Waals surface area (Å²) in [4.78, 5) is 13.2. The van der Waals surface area contributed by atoms with Crippen LogP contribution in [0.25, 0.3) is 11.3 Å². The van der Waals surface area contributed by atoms with Gasteiger partial charge in [0.1, 0.15) is 5.82 Å². The summed E-state index contributed by atoms with van der Waals surface area (Å²) in [6, 6.07) is 10.6. The largest absolute Gasteiger partial charge is 0.394 e. The van der Waals surface area contributed by atoms with E-state index >= 15 is 0 Å². The molecule has 0 aliphatic heterocycles. The molecule has 0 saturated heterocycles. The first-order chi connectivity index (χ1) is 13.5. The fourth-order valence-electron chi connectivity index (χ4n) is 2.56. The SMILES string of the molecule is CC(C)[C@@H](CO)Nc1nc(Nc2ccc(Cl)cc2Cl)cc(-c2ccncc2)n1. The molecule has 0 radical (unpaired) electrons. The van der Waals surface area contributed by atoms with Gasteiger partial charge in [0.25, 0.3) is 0 Å². The van der Waals surface area contributed by atoms with Gasteiger partial charge < -0.3 is 15.7 Å². The molecule has 0 saturated carbocycles. The van der Waals surface area contributed by atoms with Crippen molar-refractivity contribution >= 4 is 40.7 Å². The number of aliphatic hydroxyl groups excluding tert-OH is 1. The second-order valence-corrected chi connectivity index (χ2v) is 7.47. The Balaban J connectivity index is 1.99. The van der Waals surface area contributed by atoms with Gasteiger partial charge in [0.05, 0.1) is 29.1 Å². The third-order valence-electron chi connectivity index (χ3n) is 4.21. The van der Waals surface area contributed by atoms with Crippen LogP contribution in [0, 0.1) is 5.92 Å². The van der Waals surface area contributed by atoms with E-state index in [9.17, 15) is 5.11 Å². The van der Waals surface area contributed by atoms with E-state index in [1.807, 2.05) is 32.0 Å². The highest BCUT2D eigenvalue weighted by Crippen LogP contribution is 2.29. The zero-order chi connectivity index (χ0) is 20.1. The van der Waals surface area contributed by atoms with Crippen molar-refractivity contribution in [1.29, 1.82) is 0 Å². The smallest absolute Gasteiger partial charge is 0.225 e. The molecule has 2 heterocycles. The Kier molecular flexibility index (Phi) is 6.67. The van der Waals surface area contributed by atoms with Crippen LogP contribution >= 0.6 is 23.2 Å². The molecule has 0 spiro atoms. The fourth-order valence-corrected chi connectivity index (χ4v) is 3.02. The highest BCUT2D eigenvalue weighted by Gasteiger charge is 2.15. The van der Waals surface area contributed by atoms with Crippen molar-refractivity contribution in [1.82, 2.24) is 15.0 Å². The van der Waals surface area contributed by atoms with Crippen LogP contribution in [0.4, 0.5) is 17.5 Å². The molecule has 0 unspecified atom stereocenters. The first-order valence-corrected chi connectivity index (χ1v) is 9.61. The summed E-state index contributed by atoms with van der Waals surface area (Å²) in [5.74, 6) is 1.18. The van der Waals surface area contributed by atoms with E-state index < -0.39 is 0 Å². The maximum Gasteiger partial charge on any atom is 0.225 e. The molecule has 1 aromatic carbocycles. The predicted molar refractivity (Wildman–Crippen MR) is 114 cm³/mol. The molecule has 3 aromatic rings. The molecule has 8 heteroatoms. The average molecular weight is 418 g/mol. The zero-order valence-corrected chi connectivity index (χ0v) is 17.0. The van der Waals surface area contributed by atoms with Crippen molar-refractivity contribution in [3.05, 3.63) is 58.8 Å². The van der Waals surface area contributed by atoms with Crippen LogP contribution in [-0.2, 0) is 0 Å². The Bertz CT molecular complexity index is 937. The first-order valence-electron chi connectivity index (χ1n) is 8.85. The van der Waals surface area contributed by atoms with E-state index in [4.69, 9.17) is 23.2 Å². The molecular weight excluding hydrogens is 397 g/mol. The Morgan fingerprint density at radius 2 is 1.79 bits per heavy atom. The lowest BCUT2D eigenvalue weighted by Gasteiger charge is -2.21. The third kappa shape index (κ3) is 5.10. The standard InChI is InChI=1S/C20H21Cl2N5O/c1-12(2)18(11-28)26-20-25-17(13-5-7-23-8-6-13)10-19(27-20)24-16-4-3-14(21)9-15(16)22/h3-10,12,18,28H,11H2,1-2H3,(H2,24,25,26,27)/t18-/m1/s1. The van der Waals surface area contributed by atoms with Gasteiger partial charge in [0, 0.05) is 29.0 Å². The van der Waals surface area contributed by atoms with Crippen LogP contribution in [-0.4, -0.2) is 32.7 Å². The molecule has 146 valence electrons. The third-order valence-corrected chi connectivity index (χ3v) is 4.76. The Morgan fingerprint density at radius 3 is 2.43 bits per heavy atom. The number of hydrogen-bond acceptors (Lipinski definition) is 6. The molecular formula is C20H21Cl2N5O. The summed E-state index contributed by atoms with van der Waals surface area (Å²) in [6.45, 7) is 4.02. The van der Waals surface area contributed by atoms with E-state index in [-0.39, 0.29) is 18.6 Å². The van der Waals surface area contributed by atoms with Crippen molar-refractivity contribution in [3.8, 4) is 11.3 Å². The highest BCUT2D eigenvalue weighted by atomic mass is 35.5. The predicted octanol–water partition coefficient (Wildman–Crippen LogP) is 5.02. The highest BCUT2D eigenvalue weighted by molar-refractivity contribution is 6.36. The topological polar surface area (TPSA) is 83.0 Å². The van der Waals surface area contributed by atoms with Gasteiger partial charge in [-0.25, -0.2) is 4.98 Å². The minimum absolute atomic E-state index is 0.0215. The number of nitrogens with one attached hydrogen (secondary N) is 2. The monoisotopic (exact) mass is 417 g/mol. The molecule has 0 aliphatic rings. The number of aliphatic hydroxyl groups is 1. The second-order valence-electron chi connectivity index (χ2n) is 6.62. The van der Waals surface area contributed by atoms with Crippen LogP contribution in [0.2, 0.25) is 10.0 Å². The van der Waals surface area contributed by atoms with Crippen LogP contribution < -0.4 is 10.6 Å². The molecule has 3 N–H and O–H groups in total. The molecule has 0 aliphatic carbocycles. The minimum Gasteiger partial charge on any atom is -0.394 e. The van der Waals surface area contributed by atoms with Gasteiger partial charge >= 0.3 is 0 Å². The number of aromatic nitrogens is 3. The lowest BCUT2D eigenvalue weighted by atomic mass is 10.1. The average Bonchev–Trinajstić information content (AvgIpc) is 2.68. The molecule has 0 bridgehead atoms. The number of nitrogens with zero attached hydrogens (tertiary/aromatic N) is 3. The van der Waals surface area contributed by atoms with Crippen LogP contribution in [0.5, 0.6) is 0 Å². The zero-order valence-electron chi connectivity index (χ0n) is 15.5. The molecule has 0 fully saturated rings. The molecule has 3 rings (SSSR count). The van der Waals surface area contributed by atoms with Crippen LogP contribution in [0.15, 0.2) is 48.8 Å². The van der Waals surface area contributed by atoms with Crippen molar-refractivity contribution in [3.63, 3.8) is 0 Å². The lowest BCUT2D eigenvalue weighted by molar-refractivity contribution is 0.248. The van der Waals surface area contributed by atoms with E-state index in [2.05, 4.69) is 25.6 Å². The van der Waals surface area contributed by atoms with Crippen molar-refractivity contribution in [2.24, 2.45) is 5.92 Å². The number of anilines is 3. The first kappa shape index (κ1) is 20.3. The number of pyridine rings is 1. The maximum atomic E-state index is 9.64. The van der Waals surface area contributed by atoms with Gasteiger partial charge in [-0.2, -0.15) is 4.98 Å². The normalized spacial score (nSPS) is 12.1. The molecule has 6 nitrogen and oxygen atoms in total. The molecule has 1 atom stereocenters. The second kappa shape index (κ2) is 9.19.